The average Bonchev–Trinajstić information content (AvgIpc) is 3.54. The van der Waals surface area contributed by atoms with Crippen LogP contribution in [0.1, 0.15) is 25.0 Å². The van der Waals surface area contributed by atoms with Crippen molar-refractivity contribution in [1.29, 1.82) is 0 Å². The molecule has 0 unspecified atom stereocenters. The number of hydrogen-bond donors (Lipinski definition) is 0. The van der Waals surface area contributed by atoms with Gasteiger partial charge in [-0.25, -0.2) is 0 Å². The third-order valence-electron chi connectivity index (χ3n) is 12.7. The fourth-order valence-corrected chi connectivity index (χ4v) is 9.77. The minimum atomic E-state index is -0.154. The highest BCUT2D eigenvalue weighted by atomic mass is 15.1. The predicted octanol–water partition coefficient (Wildman–Crippen LogP) is 16.4. The summed E-state index contributed by atoms with van der Waals surface area (Å²) in [7, 11) is 0. The zero-order valence-electron chi connectivity index (χ0n) is 33.8. The molecular weight excluding hydrogens is 723 g/mol. The van der Waals surface area contributed by atoms with Gasteiger partial charge in [-0.15, -0.1) is 0 Å². The van der Waals surface area contributed by atoms with Crippen LogP contribution in [0.25, 0.3) is 77.2 Å². The van der Waals surface area contributed by atoms with Gasteiger partial charge in [0.2, 0.25) is 0 Å². The molecule has 0 bridgehead atoms. The highest BCUT2D eigenvalue weighted by molar-refractivity contribution is 6.17. The van der Waals surface area contributed by atoms with Crippen LogP contribution in [0.4, 0.5) is 17.1 Å². The predicted molar refractivity (Wildman–Crippen MR) is 255 cm³/mol. The monoisotopic (exact) mass is 765 g/mol. The first-order valence-corrected chi connectivity index (χ1v) is 20.9. The number of fused-ring (bicyclic) bond motifs is 6. The second kappa shape index (κ2) is 14.4. The maximum Gasteiger partial charge on any atom is 0.0546 e. The largest absolute Gasteiger partial charge is 0.310 e. The fraction of sp³-hybridized carbons (Fsp3) is 0.0508. The maximum absolute atomic E-state index is 2.50. The van der Waals surface area contributed by atoms with Crippen LogP contribution in [0.5, 0.6) is 0 Å². The van der Waals surface area contributed by atoms with E-state index in [9.17, 15) is 0 Å². The van der Waals surface area contributed by atoms with Crippen molar-refractivity contribution in [3.05, 3.63) is 236 Å². The lowest BCUT2D eigenvalue weighted by atomic mass is 9.82. The molecule has 1 aliphatic carbocycles. The molecule has 0 spiro atoms. The topological polar surface area (TPSA) is 3.24 Å². The number of hydrogen-bond acceptors (Lipinski definition) is 1. The van der Waals surface area contributed by atoms with Crippen LogP contribution in [-0.2, 0) is 5.41 Å². The SMILES string of the molecule is CC1(C)c2ccccc2-c2ccc(N(c3ccc(-c4ccccc4)cc3)c3cccc(-c4ccccc4-c4ccccc4)c3-c3cc4ccccc4c4ccccc34)cc21. The van der Waals surface area contributed by atoms with Crippen LogP contribution < -0.4 is 4.90 Å². The highest BCUT2D eigenvalue weighted by Gasteiger charge is 2.36. The Kier molecular flexibility index (Phi) is 8.57. The van der Waals surface area contributed by atoms with Crippen LogP contribution in [0.15, 0.2) is 224 Å². The zero-order chi connectivity index (χ0) is 40.2. The van der Waals surface area contributed by atoms with E-state index in [-0.39, 0.29) is 5.41 Å². The van der Waals surface area contributed by atoms with Crippen molar-refractivity contribution < 1.29 is 0 Å². The van der Waals surface area contributed by atoms with Crippen molar-refractivity contribution in [1.82, 2.24) is 0 Å². The molecule has 0 saturated carbocycles. The molecule has 10 aromatic rings. The Bertz CT molecular complexity index is 3210. The van der Waals surface area contributed by atoms with Gasteiger partial charge in [-0.3, -0.25) is 0 Å². The molecule has 0 radical (unpaired) electrons. The summed E-state index contributed by atoms with van der Waals surface area (Å²) in [4.78, 5) is 2.50. The van der Waals surface area contributed by atoms with Gasteiger partial charge in [-0.2, -0.15) is 0 Å². The van der Waals surface area contributed by atoms with Gasteiger partial charge in [0.25, 0.3) is 0 Å². The van der Waals surface area contributed by atoms with E-state index in [1.165, 1.54) is 88.3 Å². The zero-order valence-corrected chi connectivity index (χ0v) is 33.8. The van der Waals surface area contributed by atoms with E-state index in [1.54, 1.807) is 0 Å². The normalized spacial score (nSPS) is 12.6. The molecular formula is C59H43N. The summed E-state index contributed by atoms with van der Waals surface area (Å²) in [6.07, 6.45) is 0. The first kappa shape index (κ1) is 35.7. The van der Waals surface area contributed by atoms with Crippen molar-refractivity contribution >= 4 is 38.6 Å². The molecule has 0 fully saturated rings. The van der Waals surface area contributed by atoms with Gasteiger partial charge >= 0.3 is 0 Å². The third-order valence-corrected chi connectivity index (χ3v) is 12.7. The minimum absolute atomic E-state index is 0.154. The lowest BCUT2D eigenvalue weighted by molar-refractivity contribution is 0.660. The van der Waals surface area contributed by atoms with Crippen LogP contribution in [0.2, 0.25) is 0 Å². The molecule has 0 saturated heterocycles. The Labute approximate surface area is 352 Å². The van der Waals surface area contributed by atoms with E-state index < -0.39 is 0 Å². The van der Waals surface area contributed by atoms with Crippen molar-refractivity contribution in [3.8, 4) is 55.6 Å². The first-order chi connectivity index (χ1) is 29.5. The van der Waals surface area contributed by atoms with Gasteiger partial charge in [0.15, 0.2) is 0 Å². The summed E-state index contributed by atoms with van der Waals surface area (Å²) >= 11 is 0. The van der Waals surface area contributed by atoms with Crippen LogP contribution in [0.3, 0.4) is 0 Å². The van der Waals surface area contributed by atoms with E-state index >= 15 is 0 Å². The summed E-state index contributed by atoms with van der Waals surface area (Å²) in [5, 5.41) is 4.96. The van der Waals surface area contributed by atoms with Gasteiger partial charge in [0.05, 0.1) is 5.69 Å². The van der Waals surface area contributed by atoms with Crippen molar-refractivity contribution in [3.63, 3.8) is 0 Å². The maximum atomic E-state index is 2.50. The Morgan fingerprint density at radius 3 is 1.63 bits per heavy atom. The summed E-state index contributed by atoms with van der Waals surface area (Å²) in [5.41, 5.74) is 18.1. The molecule has 0 aromatic heterocycles. The van der Waals surface area contributed by atoms with E-state index in [2.05, 4.69) is 243 Å². The van der Waals surface area contributed by atoms with Gasteiger partial charge < -0.3 is 4.90 Å². The molecule has 0 amide bonds. The molecule has 1 heteroatoms. The summed E-state index contributed by atoms with van der Waals surface area (Å²) in [6.45, 7) is 4.74. The third kappa shape index (κ3) is 5.85. The number of rotatable bonds is 7. The molecule has 0 N–H and O–H groups in total. The lowest BCUT2D eigenvalue weighted by Gasteiger charge is -2.31. The molecule has 1 nitrogen and oxygen atoms in total. The summed E-state index contributed by atoms with van der Waals surface area (Å²) < 4.78 is 0. The van der Waals surface area contributed by atoms with Crippen molar-refractivity contribution in [2.24, 2.45) is 0 Å². The average molecular weight is 766 g/mol. The first-order valence-electron chi connectivity index (χ1n) is 20.9. The Balaban J connectivity index is 1.23. The molecule has 0 heterocycles. The van der Waals surface area contributed by atoms with Crippen molar-refractivity contribution in [2.45, 2.75) is 19.3 Å². The van der Waals surface area contributed by atoms with Crippen LogP contribution in [-0.4, -0.2) is 0 Å². The number of nitrogens with zero attached hydrogens (tertiary/aromatic N) is 1. The standard InChI is InChI=1S/C59H43N/c1-59(2)55-30-16-15-28-51(55)52-37-36-45(39-56(52)59)60(44-34-32-41(33-35-44)40-18-5-3-6-19-40)57-31-17-29-53(49-26-12-11-23-46(49)42-20-7-4-8-21-42)58(57)54-38-43-22-9-10-24-47(43)48-25-13-14-27-50(48)54/h3-39H,1-2H3. The van der Waals surface area contributed by atoms with E-state index in [1.807, 2.05) is 0 Å². The molecule has 0 atom stereocenters. The molecule has 11 rings (SSSR count). The van der Waals surface area contributed by atoms with Crippen molar-refractivity contribution in [2.75, 3.05) is 4.90 Å². The quantitative estimate of drug-likeness (QED) is 0.146. The van der Waals surface area contributed by atoms with E-state index in [0.717, 1.165) is 17.1 Å². The smallest absolute Gasteiger partial charge is 0.0546 e. The van der Waals surface area contributed by atoms with E-state index in [4.69, 9.17) is 0 Å². The van der Waals surface area contributed by atoms with Gasteiger partial charge in [0.1, 0.15) is 0 Å². The molecule has 60 heavy (non-hydrogen) atoms. The van der Waals surface area contributed by atoms with Gasteiger partial charge in [0, 0.05) is 22.4 Å². The second-order valence-electron chi connectivity index (χ2n) is 16.5. The van der Waals surface area contributed by atoms with Gasteiger partial charge in [-0.05, 0) is 119 Å². The molecule has 284 valence electrons. The van der Waals surface area contributed by atoms with Crippen LogP contribution >= 0.6 is 0 Å². The minimum Gasteiger partial charge on any atom is -0.310 e. The Morgan fingerprint density at radius 1 is 0.317 bits per heavy atom. The Hall–Kier alpha value is -7.48. The number of benzene rings is 10. The fourth-order valence-electron chi connectivity index (χ4n) is 9.77. The highest BCUT2D eigenvalue weighted by Crippen LogP contribution is 2.53. The van der Waals surface area contributed by atoms with Crippen LogP contribution in [0, 0.1) is 0 Å². The van der Waals surface area contributed by atoms with E-state index in [0.29, 0.717) is 0 Å². The number of anilines is 3. The molecule has 1 aliphatic rings. The summed E-state index contributed by atoms with van der Waals surface area (Å²) in [5.74, 6) is 0. The lowest BCUT2D eigenvalue weighted by Crippen LogP contribution is -2.17. The molecule has 10 aromatic carbocycles. The second-order valence-corrected chi connectivity index (χ2v) is 16.5. The summed E-state index contributed by atoms with van der Waals surface area (Å²) in [6, 6.07) is 82.6. The van der Waals surface area contributed by atoms with Gasteiger partial charge in [-0.1, -0.05) is 202 Å². The Morgan fingerprint density at radius 2 is 0.867 bits per heavy atom. The molecule has 0 aliphatic heterocycles.